The van der Waals surface area contributed by atoms with Crippen LogP contribution < -0.4 is 15.1 Å². The predicted molar refractivity (Wildman–Crippen MR) is 127 cm³/mol. The van der Waals surface area contributed by atoms with E-state index in [0.717, 1.165) is 0 Å². The van der Waals surface area contributed by atoms with Crippen molar-refractivity contribution in [1.82, 2.24) is 0 Å². The quantitative estimate of drug-likeness (QED) is 0.539. The summed E-state index contributed by atoms with van der Waals surface area (Å²) in [4.78, 5) is 38.5. The average molecular weight is 457 g/mol. The summed E-state index contributed by atoms with van der Waals surface area (Å²) in [5.41, 5.74) is 1.62. The van der Waals surface area contributed by atoms with Gasteiger partial charge in [0.2, 0.25) is 12.0 Å². The molecule has 0 saturated heterocycles. The number of carbonyl (C=O) groups excluding carboxylic acids is 3. The SMILES string of the molecule is COc1cccc(NC(=O)C(OC(=O)C2=NN(c3ccccc3)C(=O)CC2)c2ccccc2)c1. The van der Waals surface area contributed by atoms with Gasteiger partial charge in [-0.05, 0) is 24.3 Å². The zero-order valence-electron chi connectivity index (χ0n) is 18.5. The molecule has 4 rings (SSSR count). The minimum absolute atomic E-state index is 0.0681. The molecule has 0 radical (unpaired) electrons. The Morgan fingerprint density at radius 1 is 0.941 bits per heavy atom. The van der Waals surface area contributed by atoms with Crippen molar-refractivity contribution >= 4 is 34.9 Å². The van der Waals surface area contributed by atoms with Crippen LogP contribution in [0.4, 0.5) is 11.4 Å². The number of hydrogen-bond acceptors (Lipinski definition) is 6. The maximum Gasteiger partial charge on any atom is 0.355 e. The molecular formula is C26H23N3O5. The Hall–Kier alpha value is -4.46. The summed E-state index contributed by atoms with van der Waals surface area (Å²) in [6.45, 7) is 0. The van der Waals surface area contributed by atoms with E-state index in [0.29, 0.717) is 22.7 Å². The Balaban J connectivity index is 1.57. The molecule has 1 unspecified atom stereocenters. The average Bonchev–Trinajstić information content (AvgIpc) is 2.88. The lowest BCUT2D eigenvalue weighted by atomic mass is 10.1. The van der Waals surface area contributed by atoms with Crippen molar-refractivity contribution in [3.8, 4) is 5.75 Å². The smallest absolute Gasteiger partial charge is 0.355 e. The molecule has 0 fully saturated rings. The minimum atomic E-state index is -1.22. The minimum Gasteiger partial charge on any atom is -0.497 e. The normalized spacial score (nSPS) is 14.1. The zero-order valence-corrected chi connectivity index (χ0v) is 18.5. The fourth-order valence-electron chi connectivity index (χ4n) is 3.46. The molecule has 1 atom stereocenters. The summed E-state index contributed by atoms with van der Waals surface area (Å²) in [6, 6.07) is 24.4. The molecule has 0 spiro atoms. The number of hydrogen-bond donors (Lipinski definition) is 1. The molecule has 1 N–H and O–H groups in total. The molecule has 172 valence electrons. The molecule has 0 aliphatic carbocycles. The number of nitrogens with zero attached hydrogens (tertiary/aromatic N) is 2. The molecule has 8 nitrogen and oxygen atoms in total. The highest BCUT2D eigenvalue weighted by Gasteiger charge is 2.31. The van der Waals surface area contributed by atoms with Crippen LogP contribution in [0, 0.1) is 0 Å². The lowest BCUT2D eigenvalue weighted by Gasteiger charge is -2.24. The first-order valence-corrected chi connectivity index (χ1v) is 10.7. The van der Waals surface area contributed by atoms with Gasteiger partial charge in [0.15, 0.2) is 0 Å². The molecule has 8 heteroatoms. The number of rotatable bonds is 7. The summed E-state index contributed by atoms with van der Waals surface area (Å²) in [5.74, 6) is -0.935. The lowest BCUT2D eigenvalue weighted by Crippen LogP contribution is -2.36. The highest BCUT2D eigenvalue weighted by Crippen LogP contribution is 2.25. The van der Waals surface area contributed by atoms with E-state index < -0.39 is 18.0 Å². The number of nitrogens with one attached hydrogen (secondary N) is 1. The van der Waals surface area contributed by atoms with E-state index in [1.54, 1.807) is 78.9 Å². The molecular weight excluding hydrogens is 434 g/mol. The van der Waals surface area contributed by atoms with Gasteiger partial charge in [-0.2, -0.15) is 5.10 Å². The van der Waals surface area contributed by atoms with E-state index in [-0.39, 0.29) is 24.5 Å². The van der Waals surface area contributed by atoms with Crippen LogP contribution in [0.3, 0.4) is 0 Å². The van der Waals surface area contributed by atoms with E-state index >= 15 is 0 Å². The fraction of sp³-hybridized carbons (Fsp3) is 0.154. The van der Waals surface area contributed by atoms with Crippen molar-refractivity contribution in [2.75, 3.05) is 17.4 Å². The van der Waals surface area contributed by atoms with Crippen LogP contribution in [-0.4, -0.2) is 30.6 Å². The van der Waals surface area contributed by atoms with E-state index in [1.165, 1.54) is 12.1 Å². The van der Waals surface area contributed by atoms with Gasteiger partial charge >= 0.3 is 5.97 Å². The van der Waals surface area contributed by atoms with Crippen molar-refractivity contribution in [1.29, 1.82) is 0 Å². The number of esters is 1. The van der Waals surface area contributed by atoms with E-state index in [2.05, 4.69) is 10.4 Å². The van der Waals surface area contributed by atoms with Crippen molar-refractivity contribution in [3.63, 3.8) is 0 Å². The third kappa shape index (κ3) is 5.29. The van der Waals surface area contributed by atoms with Crippen LogP contribution >= 0.6 is 0 Å². The molecule has 1 heterocycles. The maximum absolute atomic E-state index is 13.1. The number of benzene rings is 3. The third-order valence-corrected chi connectivity index (χ3v) is 5.17. The Morgan fingerprint density at radius 2 is 1.65 bits per heavy atom. The van der Waals surface area contributed by atoms with Gasteiger partial charge in [-0.25, -0.2) is 9.80 Å². The van der Waals surface area contributed by atoms with Crippen molar-refractivity contribution in [2.24, 2.45) is 5.10 Å². The molecule has 1 aliphatic heterocycles. The summed E-state index contributed by atoms with van der Waals surface area (Å²) in [7, 11) is 1.53. The van der Waals surface area contributed by atoms with E-state index in [9.17, 15) is 14.4 Å². The first-order chi connectivity index (χ1) is 16.5. The molecule has 34 heavy (non-hydrogen) atoms. The van der Waals surface area contributed by atoms with Gasteiger partial charge in [-0.1, -0.05) is 54.6 Å². The number of ether oxygens (including phenoxy) is 2. The molecule has 0 saturated carbocycles. The van der Waals surface area contributed by atoms with Crippen LogP contribution in [0.15, 0.2) is 90.0 Å². The molecule has 2 amide bonds. The number of anilines is 2. The molecule has 0 aromatic heterocycles. The standard InChI is InChI=1S/C26H23N3O5/c1-33-21-14-8-11-19(17-21)27-25(31)24(18-9-4-2-5-10-18)34-26(32)22-15-16-23(30)29(28-22)20-12-6-3-7-13-20/h2-14,17,24H,15-16H2,1H3,(H,27,31). The lowest BCUT2D eigenvalue weighted by molar-refractivity contribution is -0.148. The first kappa shape index (κ1) is 22.7. The Kier molecular flexibility index (Phi) is 6.98. The van der Waals surface area contributed by atoms with Crippen molar-refractivity contribution < 1.29 is 23.9 Å². The van der Waals surface area contributed by atoms with Gasteiger partial charge in [0.05, 0.1) is 12.8 Å². The third-order valence-electron chi connectivity index (χ3n) is 5.17. The largest absolute Gasteiger partial charge is 0.497 e. The van der Waals surface area contributed by atoms with Crippen LogP contribution in [-0.2, 0) is 19.1 Å². The van der Waals surface area contributed by atoms with Gasteiger partial charge in [0.25, 0.3) is 5.91 Å². The highest BCUT2D eigenvalue weighted by molar-refractivity contribution is 6.38. The topological polar surface area (TPSA) is 97.3 Å². The Labute approximate surface area is 196 Å². The van der Waals surface area contributed by atoms with Gasteiger partial charge < -0.3 is 14.8 Å². The molecule has 3 aromatic carbocycles. The molecule has 0 bridgehead atoms. The van der Waals surface area contributed by atoms with Gasteiger partial charge in [0, 0.05) is 30.2 Å². The number of amides is 2. The second-order valence-corrected chi connectivity index (χ2v) is 7.51. The second-order valence-electron chi connectivity index (χ2n) is 7.51. The fourth-order valence-corrected chi connectivity index (χ4v) is 3.46. The van der Waals surface area contributed by atoms with Gasteiger partial charge in [-0.3, -0.25) is 9.59 Å². The van der Waals surface area contributed by atoms with Crippen LogP contribution in [0.2, 0.25) is 0 Å². The van der Waals surface area contributed by atoms with Gasteiger partial charge in [-0.15, -0.1) is 0 Å². The van der Waals surface area contributed by atoms with E-state index in [1.807, 2.05) is 6.07 Å². The van der Waals surface area contributed by atoms with Gasteiger partial charge in [0.1, 0.15) is 11.5 Å². The van der Waals surface area contributed by atoms with E-state index in [4.69, 9.17) is 9.47 Å². The monoisotopic (exact) mass is 457 g/mol. The predicted octanol–water partition coefficient (Wildman–Crippen LogP) is 4.10. The van der Waals surface area contributed by atoms with Crippen LogP contribution in [0.5, 0.6) is 5.75 Å². The molecule has 3 aromatic rings. The highest BCUT2D eigenvalue weighted by atomic mass is 16.5. The van der Waals surface area contributed by atoms with Crippen LogP contribution in [0.25, 0.3) is 0 Å². The van der Waals surface area contributed by atoms with Crippen molar-refractivity contribution in [2.45, 2.75) is 18.9 Å². The summed E-state index contributed by atoms with van der Waals surface area (Å²) in [5, 5.41) is 8.18. The molecule has 1 aliphatic rings. The summed E-state index contributed by atoms with van der Waals surface area (Å²) >= 11 is 0. The zero-order chi connectivity index (χ0) is 23.9. The number of methoxy groups -OCH3 is 1. The Morgan fingerprint density at radius 3 is 2.35 bits per heavy atom. The number of para-hydroxylation sites is 1. The number of hydrazone groups is 1. The maximum atomic E-state index is 13.1. The van der Waals surface area contributed by atoms with Crippen molar-refractivity contribution in [3.05, 3.63) is 90.5 Å². The summed E-state index contributed by atoms with van der Waals surface area (Å²) in [6.07, 6.45) is -0.986. The first-order valence-electron chi connectivity index (χ1n) is 10.7. The summed E-state index contributed by atoms with van der Waals surface area (Å²) < 4.78 is 10.8. The number of carbonyl (C=O) groups is 3. The second kappa shape index (κ2) is 10.4. The Bertz CT molecular complexity index is 1210. The van der Waals surface area contributed by atoms with Crippen LogP contribution in [0.1, 0.15) is 24.5 Å².